The number of benzene rings is 2. The van der Waals surface area contributed by atoms with Crippen molar-refractivity contribution in [2.75, 3.05) is 37.6 Å². The van der Waals surface area contributed by atoms with Gasteiger partial charge in [-0.25, -0.2) is 8.42 Å². The maximum atomic E-state index is 13.3. The molecule has 0 saturated carbocycles. The van der Waals surface area contributed by atoms with Crippen molar-refractivity contribution in [2.45, 2.75) is 35.4 Å². The van der Waals surface area contributed by atoms with E-state index in [0.717, 1.165) is 17.1 Å². The summed E-state index contributed by atoms with van der Waals surface area (Å²) >= 11 is 1.63. The molecule has 0 radical (unpaired) electrons. The van der Waals surface area contributed by atoms with Crippen LogP contribution in [-0.2, 0) is 21.4 Å². The lowest BCUT2D eigenvalue weighted by Gasteiger charge is -2.35. The number of piperazine rings is 1. The average molecular weight is 446 g/mol. The van der Waals surface area contributed by atoms with Crippen LogP contribution < -0.4 is 4.90 Å². The van der Waals surface area contributed by atoms with E-state index in [1.807, 2.05) is 18.2 Å². The van der Waals surface area contributed by atoms with Crippen LogP contribution in [0.15, 0.2) is 58.3 Å². The van der Waals surface area contributed by atoms with Crippen molar-refractivity contribution in [3.63, 3.8) is 0 Å². The quantitative estimate of drug-likeness (QED) is 0.724. The Morgan fingerprint density at radius 1 is 1.07 bits per heavy atom. The van der Waals surface area contributed by atoms with Crippen molar-refractivity contribution in [3.05, 3.63) is 54.1 Å². The van der Waals surface area contributed by atoms with Crippen LogP contribution in [0.5, 0.6) is 0 Å². The van der Waals surface area contributed by atoms with Gasteiger partial charge in [-0.05, 0) is 23.8 Å². The van der Waals surface area contributed by atoms with Crippen molar-refractivity contribution in [3.8, 4) is 0 Å². The lowest BCUT2D eigenvalue weighted by molar-refractivity contribution is -0.116. The van der Waals surface area contributed by atoms with Gasteiger partial charge in [-0.2, -0.15) is 4.31 Å². The Labute approximate surface area is 182 Å². The Balaban J connectivity index is 1.48. The number of anilines is 1. The third kappa shape index (κ3) is 4.42. The van der Waals surface area contributed by atoms with Gasteiger partial charge in [0.25, 0.3) is 0 Å². The van der Waals surface area contributed by atoms with Crippen molar-refractivity contribution in [1.82, 2.24) is 9.21 Å². The molecular formula is C22H27N3O3S2. The van der Waals surface area contributed by atoms with Gasteiger partial charge in [0.15, 0.2) is 0 Å². The van der Waals surface area contributed by atoms with E-state index in [0.29, 0.717) is 37.6 Å². The van der Waals surface area contributed by atoms with Gasteiger partial charge in [-0.3, -0.25) is 9.69 Å². The summed E-state index contributed by atoms with van der Waals surface area (Å²) < 4.78 is 28.1. The Morgan fingerprint density at radius 2 is 1.77 bits per heavy atom. The third-order valence-electron chi connectivity index (χ3n) is 5.59. The molecule has 2 aromatic rings. The smallest absolute Gasteiger partial charge is 0.243 e. The molecule has 0 bridgehead atoms. The van der Waals surface area contributed by atoms with Crippen molar-refractivity contribution < 1.29 is 13.2 Å². The zero-order valence-corrected chi connectivity index (χ0v) is 19.0. The molecule has 2 aliphatic heterocycles. The molecule has 0 aliphatic carbocycles. The van der Waals surface area contributed by atoms with Crippen LogP contribution in [0.4, 0.5) is 5.69 Å². The molecule has 6 nitrogen and oxygen atoms in total. The first-order valence-corrected chi connectivity index (χ1v) is 12.5. The highest BCUT2D eigenvalue weighted by Crippen LogP contribution is 2.40. The van der Waals surface area contributed by atoms with Crippen molar-refractivity contribution in [1.29, 1.82) is 0 Å². The molecule has 0 aromatic heterocycles. The first-order chi connectivity index (χ1) is 14.3. The molecule has 0 spiro atoms. The monoisotopic (exact) mass is 445 g/mol. The minimum atomic E-state index is -3.56. The summed E-state index contributed by atoms with van der Waals surface area (Å²) in [5, 5.41) is 0.223. The highest BCUT2D eigenvalue weighted by molar-refractivity contribution is 8.00. The molecule has 30 heavy (non-hydrogen) atoms. The summed E-state index contributed by atoms with van der Waals surface area (Å²) in [4.78, 5) is 17.2. The predicted molar refractivity (Wildman–Crippen MR) is 120 cm³/mol. The predicted octanol–water partition coefficient (Wildman–Crippen LogP) is 3.04. The first-order valence-electron chi connectivity index (χ1n) is 10.2. The van der Waals surface area contributed by atoms with Gasteiger partial charge in [-0.15, -0.1) is 11.8 Å². The molecule has 1 atom stereocenters. The molecule has 8 heteroatoms. The maximum Gasteiger partial charge on any atom is 0.243 e. The Bertz CT molecular complexity index is 1020. The molecule has 2 heterocycles. The highest BCUT2D eigenvalue weighted by Gasteiger charge is 2.31. The molecule has 1 amide bonds. The Hall–Kier alpha value is -1.87. The number of carbonyl (C=O) groups is 1. The van der Waals surface area contributed by atoms with Crippen LogP contribution in [0, 0.1) is 0 Å². The lowest BCUT2D eigenvalue weighted by Crippen LogP contribution is -2.48. The number of nitrogens with zero attached hydrogens (tertiary/aromatic N) is 3. The number of hydrogen-bond acceptors (Lipinski definition) is 5. The minimum Gasteiger partial charge on any atom is -0.310 e. The third-order valence-corrected chi connectivity index (χ3v) is 8.62. The summed E-state index contributed by atoms with van der Waals surface area (Å²) in [5.74, 6) is -0.0199. The van der Waals surface area contributed by atoms with Crippen LogP contribution in [0.2, 0.25) is 0 Å². The molecule has 2 aromatic carbocycles. The molecule has 2 aliphatic rings. The summed E-state index contributed by atoms with van der Waals surface area (Å²) in [7, 11) is -3.56. The van der Waals surface area contributed by atoms with Crippen molar-refractivity contribution in [2.24, 2.45) is 0 Å². The number of amides is 1. The molecule has 160 valence electrons. The number of thioether (sulfide) groups is 1. The normalized spacial score (nSPS) is 20.7. The van der Waals surface area contributed by atoms with Crippen LogP contribution in [0.25, 0.3) is 0 Å². The summed E-state index contributed by atoms with van der Waals surface area (Å²) in [6.07, 6.45) is 0. The van der Waals surface area contributed by atoms with Gasteiger partial charge in [0, 0.05) is 56.3 Å². The number of carbonyl (C=O) groups excluding carboxylic acids is 1. The summed E-state index contributed by atoms with van der Waals surface area (Å²) in [6, 6.07) is 15.4. The minimum absolute atomic E-state index is 0.0199. The van der Waals surface area contributed by atoms with E-state index in [9.17, 15) is 13.2 Å². The molecule has 1 saturated heterocycles. The zero-order chi connectivity index (χ0) is 21.3. The molecule has 1 unspecified atom stereocenters. The second kappa shape index (κ2) is 8.70. The summed E-state index contributed by atoms with van der Waals surface area (Å²) in [5.41, 5.74) is 2.04. The Morgan fingerprint density at radius 3 is 2.43 bits per heavy atom. The van der Waals surface area contributed by atoms with Crippen LogP contribution in [0.3, 0.4) is 0 Å². The van der Waals surface area contributed by atoms with Gasteiger partial charge < -0.3 is 4.90 Å². The lowest BCUT2D eigenvalue weighted by atomic mass is 10.2. The van der Waals surface area contributed by atoms with E-state index >= 15 is 0 Å². The van der Waals surface area contributed by atoms with E-state index in [1.165, 1.54) is 5.56 Å². The molecule has 1 fully saturated rings. The van der Waals surface area contributed by atoms with Gasteiger partial charge in [0.1, 0.15) is 0 Å². The Kier molecular flexibility index (Phi) is 6.20. The second-order valence-corrected chi connectivity index (χ2v) is 11.3. The fourth-order valence-electron chi connectivity index (χ4n) is 4.00. The SMILES string of the molecule is CC(=O)N1CC(C)Sc2cc(S(=O)(=O)N3CCN(Cc4ccccc4)CC3)ccc21. The van der Waals surface area contributed by atoms with E-state index < -0.39 is 10.0 Å². The largest absolute Gasteiger partial charge is 0.310 e. The fourth-order valence-corrected chi connectivity index (χ4v) is 6.67. The molecule has 0 N–H and O–H groups in total. The zero-order valence-electron chi connectivity index (χ0n) is 17.3. The topological polar surface area (TPSA) is 60.9 Å². The summed E-state index contributed by atoms with van der Waals surface area (Å²) in [6.45, 7) is 7.46. The molecule has 4 rings (SSSR count). The average Bonchev–Trinajstić information content (AvgIpc) is 2.73. The number of fused-ring (bicyclic) bond motifs is 1. The van der Waals surface area contributed by atoms with Gasteiger partial charge >= 0.3 is 0 Å². The number of sulfonamides is 1. The standard InChI is InChI=1S/C22H27N3O3S2/c1-17-15-25(18(2)26)21-9-8-20(14-22(21)29-17)30(27,28)24-12-10-23(11-13-24)16-19-6-4-3-5-7-19/h3-9,14,17H,10-13,15-16H2,1-2H3. The second-order valence-electron chi connectivity index (χ2n) is 7.85. The van der Waals surface area contributed by atoms with E-state index in [2.05, 4.69) is 24.0 Å². The van der Waals surface area contributed by atoms with Gasteiger partial charge in [0.2, 0.25) is 15.9 Å². The van der Waals surface area contributed by atoms with Crippen LogP contribution in [-0.4, -0.2) is 61.5 Å². The van der Waals surface area contributed by atoms with E-state index in [4.69, 9.17) is 0 Å². The van der Waals surface area contributed by atoms with Crippen molar-refractivity contribution >= 4 is 33.4 Å². The van der Waals surface area contributed by atoms with E-state index in [-0.39, 0.29) is 11.2 Å². The first kappa shape index (κ1) is 21.4. The van der Waals surface area contributed by atoms with Gasteiger partial charge in [0.05, 0.1) is 10.6 Å². The van der Waals surface area contributed by atoms with E-state index in [1.54, 1.807) is 46.1 Å². The molecular weight excluding hydrogens is 418 g/mol. The number of hydrogen-bond donors (Lipinski definition) is 0. The van der Waals surface area contributed by atoms with Gasteiger partial charge in [-0.1, -0.05) is 37.3 Å². The number of rotatable bonds is 4. The van der Waals surface area contributed by atoms with Crippen LogP contribution in [0.1, 0.15) is 19.4 Å². The van der Waals surface area contributed by atoms with Crippen LogP contribution >= 0.6 is 11.8 Å². The maximum absolute atomic E-state index is 13.3. The highest BCUT2D eigenvalue weighted by atomic mass is 32.2. The fraction of sp³-hybridized carbons (Fsp3) is 0.409.